The highest BCUT2D eigenvalue weighted by atomic mass is 16.2. The second kappa shape index (κ2) is 6.66. The first kappa shape index (κ1) is 14.0. The van der Waals surface area contributed by atoms with Crippen LogP contribution in [0.25, 0.3) is 0 Å². The SMILES string of the molecule is CN(Cc1ccccc1)C(=O)Cc1ccc(C=N)cc1. The standard InChI is InChI=1S/C17H18N2O/c1-19(13-16-5-3-2-4-6-16)17(20)11-14-7-9-15(12-18)10-8-14/h2-10,12,18H,11,13H2,1H3. The Morgan fingerprint density at radius 3 is 2.30 bits per heavy atom. The number of nitrogens with zero attached hydrogens (tertiary/aromatic N) is 1. The maximum absolute atomic E-state index is 12.2. The summed E-state index contributed by atoms with van der Waals surface area (Å²) < 4.78 is 0. The van der Waals surface area contributed by atoms with Gasteiger partial charge in [-0.25, -0.2) is 0 Å². The molecule has 0 bridgehead atoms. The largest absolute Gasteiger partial charge is 0.341 e. The summed E-state index contributed by atoms with van der Waals surface area (Å²) in [4.78, 5) is 13.9. The second-order valence-electron chi connectivity index (χ2n) is 4.80. The highest BCUT2D eigenvalue weighted by Crippen LogP contribution is 2.07. The molecule has 0 aromatic heterocycles. The van der Waals surface area contributed by atoms with Crippen molar-refractivity contribution >= 4 is 12.1 Å². The van der Waals surface area contributed by atoms with Crippen LogP contribution in [0.5, 0.6) is 0 Å². The average molecular weight is 266 g/mol. The van der Waals surface area contributed by atoms with Crippen molar-refractivity contribution in [2.45, 2.75) is 13.0 Å². The molecule has 2 aromatic carbocycles. The number of benzene rings is 2. The van der Waals surface area contributed by atoms with Crippen molar-refractivity contribution in [3.8, 4) is 0 Å². The van der Waals surface area contributed by atoms with E-state index in [1.165, 1.54) is 6.21 Å². The predicted octanol–water partition coefficient (Wildman–Crippen LogP) is 2.89. The van der Waals surface area contributed by atoms with E-state index in [1.54, 1.807) is 4.90 Å². The van der Waals surface area contributed by atoms with Crippen molar-refractivity contribution < 1.29 is 4.79 Å². The molecule has 1 N–H and O–H groups in total. The lowest BCUT2D eigenvalue weighted by atomic mass is 10.1. The molecule has 2 aromatic rings. The van der Waals surface area contributed by atoms with Crippen molar-refractivity contribution in [3.63, 3.8) is 0 Å². The number of likely N-dealkylation sites (N-methyl/N-ethyl adjacent to an activating group) is 1. The Morgan fingerprint density at radius 2 is 1.70 bits per heavy atom. The summed E-state index contributed by atoms with van der Waals surface area (Å²) in [5, 5.41) is 7.15. The van der Waals surface area contributed by atoms with Crippen molar-refractivity contribution in [2.75, 3.05) is 7.05 Å². The van der Waals surface area contributed by atoms with E-state index in [0.717, 1.165) is 16.7 Å². The molecule has 0 radical (unpaired) electrons. The van der Waals surface area contributed by atoms with Gasteiger partial charge in [-0.05, 0) is 16.7 Å². The normalized spacial score (nSPS) is 10.1. The van der Waals surface area contributed by atoms with E-state index in [0.29, 0.717) is 13.0 Å². The van der Waals surface area contributed by atoms with Crippen molar-refractivity contribution in [3.05, 3.63) is 71.3 Å². The summed E-state index contributed by atoms with van der Waals surface area (Å²) in [6.45, 7) is 0.623. The minimum Gasteiger partial charge on any atom is -0.341 e. The molecule has 0 aliphatic heterocycles. The van der Waals surface area contributed by atoms with E-state index in [9.17, 15) is 4.79 Å². The molecule has 0 saturated heterocycles. The molecule has 2 rings (SSSR count). The number of amides is 1. The molecule has 0 heterocycles. The zero-order valence-electron chi connectivity index (χ0n) is 11.5. The Hall–Kier alpha value is -2.42. The van der Waals surface area contributed by atoms with Crippen LogP contribution in [0.15, 0.2) is 54.6 Å². The van der Waals surface area contributed by atoms with Gasteiger partial charge in [0.25, 0.3) is 0 Å². The molecule has 102 valence electrons. The van der Waals surface area contributed by atoms with Gasteiger partial charge in [0.15, 0.2) is 0 Å². The van der Waals surface area contributed by atoms with E-state index in [-0.39, 0.29) is 5.91 Å². The summed E-state index contributed by atoms with van der Waals surface area (Å²) in [7, 11) is 1.82. The van der Waals surface area contributed by atoms with E-state index in [2.05, 4.69) is 0 Å². The zero-order chi connectivity index (χ0) is 14.4. The van der Waals surface area contributed by atoms with Gasteiger partial charge in [-0.15, -0.1) is 0 Å². The fourth-order valence-electron chi connectivity index (χ4n) is 1.99. The molecule has 0 spiro atoms. The molecule has 1 amide bonds. The lowest BCUT2D eigenvalue weighted by Crippen LogP contribution is -2.27. The van der Waals surface area contributed by atoms with Crippen LogP contribution in [0.3, 0.4) is 0 Å². The highest BCUT2D eigenvalue weighted by Gasteiger charge is 2.09. The number of carbonyl (C=O) groups excluding carboxylic acids is 1. The molecule has 0 fully saturated rings. The van der Waals surface area contributed by atoms with E-state index >= 15 is 0 Å². The first-order valence-corrected chi connectivity index (χ1v) is 6.56. The van der Waals surface area contributed by atoms with Crippen LogP contribution in [0.2, 0.25) is 0 Å². The monoisotopic (exact) mass is 266 g/mol. The van der Waals surface area contributed by atoms with Gasteiger partial charge in [-0.2, -0.15) is 0 Å². The smallest absolute Gasteiger partial charge is 0.227 e. The van der Waals surface area contributed by atoms with Gasteiger partial charge in [0.1, 0.15) is 0 Å². The van der Waals surface area contributed by atoms with E-state index < -0.39 is 0 Å². The highest BCUT2D eigenvalue weighted by molar-refractivity contribution is 5.80. The van der Waals surface area contributed by atoms with Crippen molar-refractivity contribution in [2.24, 2.45) is 0 Å². The number of rotatable bonds is 5. The molecule has 0 aliphatic carbocycles. The fraction of sp³-hybridized carbons (Fsp3) is 0.176. The molecule has 0 aliphatic rings. The van der Waals surface area contributed by atoms with Gasteiger partial charge in [0.05, 0.1) is 6.42 Å². The van der Waals surface area contributed by atoms with Gasteiger partial charge in [-0.3, -0.25) is 4.79 Å². The maximum Gasteiger partial charge on any atom is 0.227 e. The van der Waals surface area contributed by atoms with Crippen LogP contribution in [-0.4, -0.2) is 24.1 Å². The number of hydrogen-bond donors (Lipinski definition) is 1. The van der Waals surface area contributed by atoms with Crippen LogP contribution in [0, 0.1) is 5.41 Å². The number of carbonyl (C=O) groups is 1. The molecular formula is C17H18N2O. The number of nitrogens with one attached hydrogen (secondary N) is 1. The lowest BCUT2D eigenvalue weighted by Gasteiger charge is -2.17. The van der Waals surface area contributed by atoms with E-state index in [4.69, 9.17) is 5.41 Å². The van der Waals surface area contributed by atoms with Gasteiger partial charge >= 0.3 is 0 Å². The summed E-state index contributed by atoms with van der Waals surface area (Å²) in [5.74, 6) is 0.0939. The van der Waals surface area contributed by atoms with Crippen LogP contribution >= 0.6 is 0 Å². The zero-order valence-corrected chi connectivity index (χ0v) is 11.5. The summed E-state index contributed by atoms with van der Waals surface area (Å²) in [5.41, 5.74) is 2.95. The van der Waals surface area contributed by atoms with Crippen LogP contribution < -0.4 is 0 Å². The van der Waals surface area contributed by atoms with Crippen LogP contribution in [0.4, 0.5) is 0 Å². The third-order valence-electron chi connectivity index (χ3n) is 3.19. The quantitative estimate of drug-likeness (QED) is 0.831. The van der Waals surface area contributed by atoms with Gasteiger partial charge < -0.3 is 10.3 Å². The van der Waals surface area contributed by atoms with Gasteiger partial charge in [-0.1, -0.05) is 54.6 Å². The minimum atomic E-state index is 0.0939. The minimum absolute atomic E-state index is 0.0939. The molecule has 0 saturated carbocycles. The van der Waals surface area contributed by atoms with E-state index in [1.807, 2.05) is 61.6 Å². The summed E-state index contributed by atoms with van der Waals surface area (Å²) in [6.07, 6.45) is 1.69. The summed E-state index contributed by atoms with van der Waals surface area (Å²) >= 11 is 0. The Morgan fingerprint density at radius 1 is 1.05 bits per heavy atom. The van der Waals surface area contributed by atoms with Crippen molar-refractivity contribution in [1.29, 1.82) is 5.41 Å². The summed E-state index contributed by atoms with van der Waals surface area (Å²) in [6, 6.07) is 17.5. The third kappa shape index (κ3) is 3.79. The Kier molecular flexibility index (Phi) is 4.66. The third-order valence-corrected chi connectivity index (χ3v) is 3.19. The molecule has 3 heteroatoms. The Bertz CT molecular complexity index is 576. The second-order valence-corrected chi connectivity index (χ2v) is 4.80. The topological polar surface area (TPSA) is 44.2 Å². The molecule has 20 heavy (non-hydrogen) atoms. The van der Waals surface area contributed by atoms with Gasteiger partial charge in [0, 0.05) is 19.8 Å². The Labute approximate surface area is 119 Å². The Balaban J connectivity index is 1.95. The van der Waals surface area contributed by atoms with Crippen LogP contribution in [0.1, 0.15) is 16.7 Å². The maximum atomic E-state index is 12.2. The fourth-order valence-corrected chi connectivity index (χ4v) is 1.99. The molecule has 0 atom stereocenters. The average Bonchev–Trinajstić information content (AvgIpc) is 2.49. The predicted molar refractivity (Wildman–Crippen MR) is 80.9 cm³/mol. The molecular weight excluding hydrogens is 248 g/mol. The molecule has 0 unspecified atom stereocenters. The number of hydrogen-bond acceptors (Lipinski definition) is 2. The first-order chi connectivity index (χ1) is 9.69. The van der Waals surface area contributed by atoms with Gasteiger partial charge in [0.2, 0.25) is 5.91 Å². The lowest BCUT2D eigenvalue weighted by molar-refractivity contribution is -0.129. The molecule has 3 nitrogen and oxygen atoms in total. The van der Waals surface area contributed by atoms with Crippen molar-refractivity contribution in [1.82, 2.24) is 4.90 Å². The van der Waals surface area contributed by atoms with Crippen LogP contribution in [-0.2, 0) is 17.8 Å². The first-order valence-electron chi connectivity index (χ1n) is 6.56.